The maximum Gasteiger partial charge on any atom is 0.306 e. The molecule has 3 N–H and O–H groups in total. The van der Waals surface area contributed by atoms with Crippen LogP contribution in [-0.2, 0) is 32.7 Å². The molecule has 2 heterocycles. The number of piperidine rings is 1. The fraction of sp³-hybridized carbons (Fsp3) is 0.556. The van der Waals surface area contributed by atoms with Crippen molar-refractivity contribution in [2.75, 3.05) is 26.3 Å². The van der Waals surface area contributed by atoms with Gasteiger partial charge in [-0.15, -0.1) is 0 Å². The minimum atomic E-state index is -0.777. The Morgan fingerprint density at radius 1 is 1.27 bits per heavy atom. The molecule has 0 bridgehead atoms. The van der Waals surface area contributed by atoms with E-state index in [9.17, 15) is 14.4 Å². The Balaban J connectivity index is 1.44. The predicted molar refractivity (Wildman–Crippen MR) is 138 cm³/mol. The quantitative estimate of drug-likeness (QED) is 0.417. The molecule has 0 spiro atoms. The smallest absolute Gasteiger partial charge is 0.306 e. The zero-order valence-electron chi connectivity index (χ0n) is 22.1. The molecule has 202 valence electrons. The highest BCUT2D eigenvalue weighted by atomic mass is 16.5. The van der Waals surface area contributed by atoms with Crippen LogP contribution < -0.4 is 15.8 Å². The van der Waals surface area contributed by atoms with Crippen LogP contribution in [0.25, 0.3) is 0 Å². The van der Waals surface area contributed by atoms with E-state index >= 15 is 0 Å². The topological polar surface area (TPSA) is 129 Å². The van der Waals surface area contributed by atoms with E-state index in [0.29, 0.717) is 37.8 Å². The summed E-state index contributed by atoms with van der Waals surface area (Å²) in [6.07, 6.45) is 6.48. The zero-order chi connectivity index (χ0) is 26.8. The number of amides is 2. The first kappa shape index (κ1) is 28.2. The minimum Gasteiger partial charge on any atom is -0.494 e. The second kappa shape index (κ2) is 13.8. The Kier molecular flexibility index (Phi) is 10.5. The Morgan fingerprint density at radius 3 is 2.81 bits per heavy atom. The van der Waals surface area contributed by atoms with Crippen LogP contribution in [0, 0.1) is 12.8 Å². The zero-order valence-corrected chi connectivity index (χ0v) is 22.1. The van der Waals surface area contributed by atoms with E-state index in [0.717, 1.165) is 42.7 Å². The molecule has 0 radical (unpaired) electrons. The number of esters is 1. The summed E-state index contributed by atoms with van der Waals surface area (Å²) in [4.78, 5) is 38.4. The largest absolute Gasteiger partial charge is 0.494 e. The normalized spacial score (nSPS) is 16.2. The third kappa shape index (κ3) is 8.59. The number of rotatable bonds is 12. The number of likely N-dealkylation sites (tertiary alicyclic amines) is 1. The van der Waals surface area contributed by atoms with E-state index in [-0.39, 0.29) is 30.6 Å². The Bertz CT molecular complexity index is 1070. The van der Waals surface area contributed by atoms with Gasteiger partial charge in [-0.05, 0) is 62.3 Å². The molecule has 1 saturated heterocycles. The van der Waals surface area contributed by atoms with E-state index in [1.54, 1.807) is 31.0 Å². The summed E-state index contributed by atoms with van der Waals surface area (Å²) in [7, 11) is 1.78. The third-order valence-electron chi connectivity index (χ3n) is 6.65. The van der Waals surface area contributed by atoms with Gasteiger partial charge in [0.25, 0.3) is 0 Å². The Labute approximate surface area is 218 Å². The highest BCUT2D eigenvalue weighted by Crippen LogP contribution is 2.23. The van der Waals surface area contributed by atoms with Crippen molar-refractivity contribution >= 4 is 17.8 Å². The number of nitrogens with zero attached hydrogens (tertiary/aromatic N) is 3. The molecule has 10 heteroatoms. The van der Waals surface area contributed by atoms with Gasteiger partial charge >= 0.3 is 5.97 Å². The van der Waals surface area contributed by atoms with Gasteiger partial charge in [0.05, 0.1) is 25.8 Å². The van der Waals surface area contributed by atoms with E-state index in [4.69, 9.17) is 15.2 Å². The third-order valence-corrected chi connectivity index (χ3v) is 6.65. The van der Waals surface area contributed by atoms with E-state index < -0.39 is 6.04 Å². The van der Waals surface area contributed by atoms with Gasteiger partial charge in [-0.1, -0.05) is 6.07 Å². The number of aryl methyl sites for hydroxylation is 2. The van der Waals surface area contributed by atoms with Crippen LogP contribution in [-0.4, -0.2) is 58.8 Å². The summed E-state index contributed by atoms with van der Waals surface area (Å²) in [6.45, 7) is 6.38. The molecule has 1 aromatic carbocycles. The van der Waals surface area contributed by atoms with E-state index in [2.05, 4.69) is 10.4 Å². The SMILES string of the molecule is CCOC(=O)CCC(=O)N1CCCC(CCOc2ccc(C)c(CNC(=O)C(N)c3cnn(C)c3)c2)C1. The van der Waals surface area contributed by atoms with Crippen LogP contribution in [0.1, 0.15) is 61.8 Å². The number of nitrogens with two attached hydrogens (primary N) is 1. The number of aromatic nitrogens is 2. The maximum atomic E-state index is 12.5. The van der Waals surface area contributed by atoms with Gasteiger partial charge in [0.15, 0.2) is 0 Å². The lowest BCUT2D eigenvalue weighted by Crippen LogP contribution is -2.40. The summed E-state index contributed by atoms with van der Waals surface area (Å²) in [6, 6.07) is 5.06. The van der Waals surface area contributed by atoms with Crippen LogP contribution in [0.3, 0.4) is 0 Å². The number of ether oxygens (including phenoxy) is 2. The number of hydrogen-bond acceptors (Lipinski definition) is 7. The summed E-state index contributed by atoms with van der Waals surface area (Å²) >= 11 is 0. The van der Waals surface area contributed by atoms with E-state index in [1.165, 1.54) is 0 Å². The lowest BCUT2D eigenvalue weighted by atomic mass is 9.95. The first-order valence-corrected chi connectivity index (χ1v) is 12.9. The lowest BCUT2D eigenvalue weighted by molar-refractivity contribution is -0.146. The standard InChI is InChI=1S/C27H39N5O5/c1-4-36-25(34)10-9-24(33)32-12-5-6-20(17-32)11-13-37-23-8-7-19(2)21(14-23)15-29-27(35)26(28)22-16-30-31(3)18-22/h7-8,14,16,18,20,26H,4-6,9-13,15,17,28H2,1-3H3,(H,29,35). The van der Waals surface area contributed by atoms with Crippen molar-refractivity contribution in [2.24, 2.45) is 18.7 Å². The summed E-state index contributed by atoms with van der Waals surface area (Å²) in [5.41, 5.74) is 8.73. The second-order valence-corrected chi connectivity index (χ2v) is 9.52. The molecule has 10 nitrogen and oxygen atoms in total. The predicted octanol–water partition coefficient (Wildman–Crippen LogP) is 2.40. The number of carbonyl (C=O) groups excluding carboxylic acids is 3. The Hall–Kier alpha value is -3.40. The molecule has 1 aliphatic rings. The van der Waals surface area contributed by atoms with Crippen molar-refractivity contribution in [1.82, 2.24) is 20.0 Å². The molecular formula is C27H39N5O5. The molecule has 0 saturated carbocycles. The number of nitrogens with one attached hydrogen (secondary N) is 1. The van der Waals surface area contributed by atoms with Gasteiger partial charge in [-0.25, -0.2) is 0 Å². The molecule has 2 atom stereocenters. The minimum absolute atomic E-state index is 0.00661. The number of hydrogen-bond donors (Lipinski definition) is 2. The molecule has 2 unspecified atom stereocenters. The molecule has 37 heavy (non-hydrogen) atoms. The van der Waals surface area contributed by atoms with Crippen molar-refractivity contribution in [2.45, 2.75) is 58.5 Å². The van der Waals surface area contributed by atoms with Crippen LogP contribution in [0.2, 0.25) is 0 Å². The highest BCUT2D eigenvalue weighted by Gasteiger charge is 2.24. The van der Waals surface area contributed by atoms with Crippen molar-refractivity contribution in [3.05, 3.63) is 47.3 Å². The molecule has 1 fully saturated rings. The van der Waals surface area contributed by atoms with Gasteiger partial charge < -0.3 is 25.4 Å². The Morgan fingerprint density at radius 2 is 2.08 bits per heavy atom. The van der Waals surface area contributed by atoms with Gasteiger partial charge in [-0.2, -0.15) is 5.10 Å². The number of carbonyl (C=O) groups is 3. The fourth-order valence-electron chi connectivity index (χ4n) is 4.44. The fourth-order valence-corrected chi connectivity index (χ4v) is 4.44. The lowest BCUT2D eigenvalue weighted by Gasteiger charge is -2.33. The summed E-state index contributed by atoms with van der Waals surface area (Å²) < 4.78 is 12.5. The van der Waals surface area contributed by atoms with Crippen LogP contribution in [0.5, 0.6) is 5.75 Å². The van der Waals surface area contributed by atoms with Crippen molar-refractivity contribution in [3.8, 4) is 5.75 Å². The molecule has 2 amide bonds. The average molecular weight is 514 g/mol. The molecule has 1 aromatic heterocycles. The van der Waals surface area contributed by atoms with Crippen molar-refractivity contribution < 1.29 is 23.9 Å². The average Bonchev–Trinajstić information content (AvgIpc) is 3.33. The van der Waals surface area contributed by atoms with Crippen LogP contribution >= 0.6 is 0 Å². The molecule has 1 aliphatic heterocycles. The molecular weight excluding hydrogens is 474 g/mol. The molecule has 0 aliphatic carbocycles. The number of benzene rings is 1. The van der Waals surface area contributed by atoms with E-state index in [1.807, 2.05) is 30.0 Å². The molecule has 3 rings (SSSR count). The monoisotopic (exact) mass is 513 g/mol. The second-order valence-electron chi connectivity index (χ2n) is 9.52. The highest BCUT2D eigenvalue weighted by molar-refractivity contribution is 5.83. The first-order chi connectivity index (χ1) is 17.8. The summed E-state index contributed by atoms with van der Waals surface area (Å²) in [5, 5.41) is 6.96. The maximum absolute atomic E-state index is 12.5. The van der Waals surface area contributed by atoms with Crippen molar-refractivity contribution in [3.63, 3.8) is 0 Å². The first-order valence-electron chi connectivity index (χ1n) is 12.9. The van der Waals surface area contributed by atoms with Crippen LogP contribution in [0.4, 0.5) is 0 Å². The van der Waals surface area contributed by atoms with Gasteiger partial charge in [-0.3, -0.25) is 19.1 Å². The van der Waals surface area contributed by atoms with Gasteiger partial charge in [0.1, 0.15) is 11.8 Å². The van der Waals surface area contributed by atoms with Crippen LogP contribution in [0.15, 0.2) is 30.6 Å². The van der Waals surface area contributed by atoms with Crippen molar-refractivity contribution in [1.29, 1.82) is 0 Å². The summed E-state index contributed by atoms with van der Waals surface area (Å²) in [5.74, 6) is 0.513. The van der Waals surface area contributed by atoms with Gasteiger partial charge in [0, 0.05) is 44.9 Å². The molecule has 2 aromatic rings. The van der Waals surface area contributed by atoms with Gasteiger partial charge in [0.2, 0.25) is 11.8 Å².